The van der Waals surface area contributed by atoms with Gasteiger partial charge in [-0.25, -0.2) is 0 Å². The molecule has 2 N–H and O–H groups in total. The molecular formula is C12H20N2O2. The van der Waals surface area contributed by atoms with Gasteiger partial charge in [0, 0.05) is 18.6 Å². The predicted molar refractivity (Wildman–Crippen MR) is 62.1 cm³/mol. The second-order valence-corrected chi connectivity index (χ2v) is 4.43. The molecule has 0 aromatic carbocycles. The first-order chi connectivity index (χ1) is 7.81. The fraction of sp³-hybridized carbons (Fsp3) is 0.667. The average molecular weight is 224 g/mol. The molecule has 4 heteroatoms. The van der Waals surface area contributed by atoms with Crippen molar-refractivity contribution in [3.8, 4) is 0 Å². The smallest absolute Gasteiger partial charge is 0.117 e. The Morgan fingerprint density at radius 3 is 3.19 bits per heavy atom. The molecule has 0 aliphatic carbocycles. The molecule has 2 rings (SSSR count). The monoisotopic (exact) mass is 224 g/mol. The zero-order valence-corrected chi connectivity index (χ0v) is 9.72. The van der Waals surface area contributed by atoms with Crippen molar-refractivity contribution in [2.75, 3.05) is 19.7 Å². The lowest BCUT2D eigenvalue weighted by molar-refractivity contribution is 0.0848. The average Bonchev–Trinajstić information content (AvgIpc) is 2.73. The molecule has 2 atom stereocenters. The van der Waals surface area contributed by atoms with Crippen LogP contribution in [0.15, 0.2) is 22.8 Å². The van der Waals surface area contributed by atoms with Crippen molar-refractivity contribution in [1.82, 2.24) is 10.2 Å². The van der Waals surface area contributed by atoms with Crippen molar-refractivity contribution in [2.45, 2.75) is 32.0 Å². The van der Waals surface area contributed by atoms with Crippen molar-refractivity contribution in [3.05, 3.63) is 24.2 Å². The lowest BCUT2D eigenvalue weighted by Crippen LogP contribution is -2.45. The van der Waals surface area contributed by atoms with E-state index in [1.165, 1.54) is 0 Å². The van der Waals surface area contributed by atoms with Crippen molar-refractivity contribution in [3.63, 3.8) is 0 Å². The summed E-state index contributed by atoms with van der Waals surface area (Å²) in [7, 11) is 0. The second kappa shape index (κ2) is 5.48. The molecule has 16 heavy (non-hydrogen) atoms. The summed E-state index contributed by atoms with van der Waals surface area (Å²) in [5.41, 5.74) is 0. The van der Waals surface area contributed by atoms with Crippen LogP contribution in [-0.4, -0.2) is 41.8 Å². The molecule has 1 saturated heterocycles. The van der Waals surface area contributed by atoms with Crippen LogP contribution >= 0.6 is 0 Å². The Labute approximate surface area is 96.2 Å². The summed E-state index contributed by atoms with van der Waals surface area (Å²) < 4.78 is 5.37. The number of rotatable bonds is 3. The summed E-state index contributed by atoms with van der Waals surface area (Å²) in [5.74, 6) is 0.965. The molecule has 0 amide bonds. The lowest BCUT2D eigenvalue weighted by Gasteiger charge is -2.32. The summed E-state index contributed by atoms with van der Waals surface area (Å²) in [6.07, 6.45) is 2.81. The van der Waals surface area contributed by atoms with Gasteiger partial charge in [0.1, 0.15) is 5.76 Å². The Morgan fingerprint density at radius 2 is 2.50 bits per heavy atom. The molecule has 1 fully saturated rings. The van der Waals surface area contributed by atoms with Crippen molar-refractivity contribution in [1.29, 1.82) is 0 Å². The fourth-order valence-corrected chi connectivity index (χ4v) is 2.26. The number of nitrogens with one attached hydrogen (secondary N) is 1. The SMILES string of the molecule is CC1CCNCC(CO)N1Cc1ccco1. The minimum atomic E-state index is 0.183. The molecule has 2 heterocycles. The standard InChI is InChI=1S/C12H20N2O2/c1-10-4-5-13-7-11(9-15)14(10)8-12-3-2-6-16-12/h2-3,6,10-11,13,15H,4-5,7-9H2,1H3. The topological polar surface area (TPSA) is 48.6 Å². The fourth-order valence-electron chi connectivity index (χ4n) is 2.26. The normalized spacial score (nSPS) is 27.9. The Hall–Kier alpha value is -0.840. The third-order valence-electron chi connectivity index (χ3n) is 3.28. The minimum absolute atomic E-state index is 0.183. The zero-order chi connectivity index (χ0) is 11.4. The van der Waals surface area contributed by atoms with Crippen LogP contribution in [0.3, 0.4) is 0 Å². The number of aliphatic hydroxyl groups excluding tert-OH is 1. The molecular weight excluding hydrogens is 204 g/mol. The van der Waals surface area contributed by atoms with Gasteiger partial charge in [0.25, 0.3) is 0 Å². The van der Waals surface area contributed by atoms with Crippen LogP contribution in [-0.2, 0) is 6.54 Å². The largest absolute Gasteiger partial charge is 0.468 e. The van der Waals surface area contributed by atoms with E-state index in [0.717, 1.165) is 31.8 Å². The molecule has 0 radical (unpaired) electrons. The van der Waals surface area contributed by atoms with E-state index in [1.807, 2.05) is 12.1 Å². The highest BCUT2D eigenvalue weighted by molar-refractivity contribution is 4.99. The summed E-state index contributed by atoms with van der Waals surface area (Å²) in [5, 5.41) is 12.8. The van der Waals surface area contributed by atoms with E-state index >= 15 is 0 Å². The van der Waals surface area contributed by atoms with Gasteiger partial charge in [-0.1, -0.05) is 0 Å². The van der Waals surface area contributed by atoms with Gasteiger partial charge >= 0.3 is 0 Å². The second-order valence-electron chi connectivity index (χ2n) is 4.43. The van der Waals surface area contributed by atoms with Gasteiger partial charge in [-0.15, -0.1) is 0 Å². The van der Waals surface area contributed by atoms with Crippen LogP contribution in [0.2, 0.25) is 0 Å². The van der Waals surface area contributed by atoms with E-state index in [4.69, 9.17) is 4.42 Å². The van der Waals surface area contributed by atoms with Crippen molar-refractivity contribution in [2.24, 2.45) is 0 Å². The highest BCUT2D eigenvalue weighted by Gasteiger charge is 2.26. The number of hydrogen-bond donors (Lipinski definition) is 2. The van der Waals surface area contributed by atoms with Gasteiger partial charge < -0.3 is 14.8 Å². The number of hydrogen-bond acceptors (Lipinski definition) is 4. The van der Waals surface area contributed by atoms with Gasteiger partial charge in [-0.2, -0.15) is 0 Å². The van der Waals surface area contributed by atoms with Gasteiger partial charge in [0.05, 0.1) is 19.4 Å². The molecule has 2 unspecified atom stereocenters. The number of nitrogens with zero attached hydrogens (tertiary/aromatic N) is 1. The summed E-state index contributed by atoms with van der Waals surface area (Å²) in [6.45, 7) is 5.05. The Morgan fingerprint density at radius 1 is 1.62 bits per heavy atom. The number of furan rings is 1. The molecule has 90 valence electrons. The maximum absolute atomic E-state index is 9.42. The van der Waals surface area contributed by atoms with E-state index < -0.39 is 0 Å². The molecule has 1 aromatic rings. The predicted octanol–water partition coefficient (Wildman–Crippen LogP) is 0.824. The van der Waals surface area contributed by atoms with Crippen LogP contribution in [0.5, 0.6) is 0 Å². The summed E-state index contributed by atoms with van der Waals surface area (Å²) in [6, 6.07) is 4.54. The maximum atomic E-state index is 9.42. The molecule has 1 aliphatic rings. The van der Waals surface area contributed by atoms with E-state index in [0.29, 0.717) is 6.04 Å². The van der Waals surface area contributed by atoms with Gasteiger partial charge in [0.2, 0.25) is 0 Å². The first kappa shape index (κ1) is 11.6. The summed E-state index contributed by atoms with van der Waals surface area (Å²) >= 11 is 0. The molecule has 0 spiro atoms. The molecule has 1 aromatic heterocycles. The van der Waals surface area contributed by atoms with Crippen LogP contribution < -0.4 is 5.32 Å². The van der Waals surface area contributed by atoms with Gasteiger partial charge in [0.15, 0.2) is 0 Å². The molecule has 1 aliphatic heterocycles. The molecule has 0 bridgehead atoms. The highest BCUT2D eigenvalue weighted by atomic mass is 16.3. The van der Waals surface area contributed by atoms with Crippen LogP contribution in [0.25, 0.3) is 0 Å². The maximum Gasteiger partial charge on any atom is 0.117 e. The van der Waals surface area contributed by atoms with Crippen molar-refractivity contribution < 1.29 is 9.52 Å². The van der Waals surface area contributed by atoms with Crippen LogP contribution in [0, 0.1) is 0 Å². The van der Waals surface area contributed by atoms with Gasteiger partial charge in [-0.3, -0.25) is 4.90 Å². The van der Waals surface area contributed by atoms with Gasteiger partial charge in [-0.05, 0) is 32.0 Å². The third-order valence-corrected chi connectivity index (χ3v) is 3.28. The zero-order valence-electron chi connectivity index (χ0n) is 9.72. The first-order valence-electron chi connectivity index (χ1n) is 5.91. The van der Waals surface area contributed by atoms with Crippen molar-refractivity contribution >= 4 is 0 Å². The third kappa shape index (κ3) is 2.64. The Kier molecular flexibility index (Phi) is 3.98. The first-order valence-corrected chi connectivity index (χ1v) is 5.91. The molecule has 4 nitrogen and oxygen atoms in total. The van der Waals surface area contributed by atoms with E-state index in [9.17, 15) is 5.11 Å². The quantitative estimate of drug-likeness (QED) is 0.798. The minimum Gasteiger partial charge on any atom is -0.468 e. The van der Waals surface area contributed by atoms with E-state index in [2.05, 4.69) is 17.1 Å². The Bertz CT molecular complexity index is 300. The summed E-state index contributed by atoms with van der Waals surface area (Å²) in [4.78, 5) is 2.32. The van der Waals surface area contributed by atoms with Crippen LogP contribution in [0.4, 0.5) is 0 Å². The Balaban J connectivity index is 2.06. The number of aliphatic hydroxyl groups is 1. The van der Waals surface area contributed by atoms with E-state index in [-0.39, 0.29) is 12.6 Å². The van der Waals surface area contributed by atoms with Crippen LogP contribution in [0.1, 0.15) is 19.1 Å². The molecule has 0 saturated carbocycles. The highest BCUT2D eigenvalue weighted by Crippen LogP contribution is 2.16. The van der Waals surface area contributed by atoms with E-state index in [1.54, 1.807) is 6.26 Å². The lowest BCUT2D eigenvalue weighted by atomic mass is 10.1.